The van der Waals surface area contributed by atoms with Crippen LogP contribution in [0.2, 0.25) is 5.02 Å². The van der Waals surface area contributed by atoms with E-state index in [-0.39, 0.29) is 11.2 Å². The van der Waals surface area contributed by atoms with Crippen LogP contribution in [-0.2, 0) is 4.79 Å². The maximum Gasteiger partial charge on any atom is 0.162 e. The molecule has 1 aliphatic carbocycles. The number of hydrogen-bond donors (Lipinski definition) is 1. The molecule has 2 aliphatic rings. The van der Waals surface area contributed by atoms with Gasteiger partial charge < -0.3 is 5.73 Å². The number of carbonyl (C=O) groups is 1. The molecular weight excluding hydrogens is 414 g/mol. The van der Waals surface area contributed by atoms with E-state index in [1.165, 1.54) is 0 Å². The molecule has 154 valence electrons. The first-order valence-electron chi connectivity index (χ1n) is 9.91. The average Bonchev–Trinajstić information content (AvgIpc) is 3.08. The highest BCUT2D eigenvalue weighted by Crippen LogP contribution is 2.51. The molecule has 1 atom stereocenters. The average molecular weight is 438 g/mol. The number of ketones is 1. The van der Waals surface area contributed by atoms with Gasteiger partial charge >= 0.3 is 0 Å². The second-order valence-electron chi connectivity index (χ2n) is 8.86. The molecule has 2 heterocycles. The lowest BCUT2D eigenvalue weighted by Gasteiger charge is -2.43. The normalized spacial score (nSPS) is 21.0. The number of Topliss-reactive ketones (excluding diaryl/α,β-unsaturated/α-hetero) is 1. The summed E-state index contributed by atoms with van der Waals surface area (Å²) in [6.07, 6.45) is 1.15. The number of anilines is 1. The number of rotatable bonds is 2. The van der Waals surface area contributed by atoms with Gasteiger partial charge in [0, 0.05) is 38.2 Å². The highest BCUT2D eigenvalue weighted by molar-refractivity contribution is 7.12. The first kappa shape index (κ1) is 20.7. The van der Waals surface area contributed by atoms with Crippen molar-refractivity contribution in [1.82, 2.24) is 0 Å². The monoisotopic (exact) mass is 437 g/mol. The minimum absolute atomic E-state index is 0.0840. The number of allylic oxidation sites excluding steroid dienone is 3. The predicted molar refractivity (Wildman–Crippen MR) is 122 cm³/mol. The molecule has 6 heteroatoms. The summed E-state index contributed by atoms with van der Waals surface area (Å²) in [6.45, 7) is 8.16. The molecule has 0 radical (unpaired) electrons. The number of aryl methyl sites for hydroxylation is 2. The van der Waals surface area contributed by atoms with Gasteiger partial charge in [0.2, 0.25) is 0 Å². The number of carbonyl (C=O) groups excluding carboxylic acids is 1. The van der Waals surface area contributed by atoms with Crippen molar-refractivity contribution >= 4 is 34.4 Å². The van der Waals surface area contributed by atoms with Gasteiger partial charge in [-0.3, -0.25) is 9.69 Å². The molecule has 0 saturated carbocycles. The molecule has 0 bridgehead atoms. The maximum absolute atomic E-state index is 13.4. The quantitative estimate of drug-likeness (QED) is 0.629. The Morgan fingerprint density at radius 1 is 1.23 bits per heavy atom. The van der Waals surface area contributed by atoms with Crippen LogP contribution in [0.3, 0.4) is 0 Å². The van der Waals surface area contributed by atoms with Crippen molar-refractivity contribution in [2.24, 2.45) is 11.1 Å². The van der Waals surface area contributed by atoms with Gasteiger partial charge in [-0.05, 0) is 55.5 Å². The van der Waals surface area contributed by atoms with Crippen LogP contribution in [0.15, 0.2) is 53.0 Å². The molecule has 1 aromatic heterocycles. The van der Waals surface area contributed by atoms with E-state index < -0.39 is 5.92 Å². The zero-order chi connectivity index (χ0) is 21.8. The van der Waals surface area contributed by atoms with E-state index >= 15 is 0 Å². The summed E-state index contributed by atoms with van der Waals surface area (Å²) >= 11 is 8.02. The first-order chi connectivity index (χ1) is 14.1. The zero-order valence-electron chi connectivity index (χ0n) is 17.5. The van der Waals surface area contributed by atoms with Gasteiger partial charge in [-0.15, -0.1) is 11.3 Å². The van der Waals surface area contributed by atoms with E-state index in [9.17, 15) is 10.1 Å². The van der Waals surface area contributed by atoms with E-state index in [2.05, 4.69) is 19.9 Å². The van der Waals surface area contributed by atoms with Crippen LogP contribution in [0.25, 0.3) is 0 Å². The van der Waals surface area contributed by atoms with Crippen molar-refractivity contribution in [2.75, 3.05) is 4.90 Å². The first-order valence-corrected chi connectivity index (χ1v) is 11.1. The van der Waals surface area contributed by atoms with E-state index in [4.69, 9.17) is 17.3 Å². The molecule has 2 N–H and O–H groups in total. The van der Waals surface area contributed by atoms with E-state index in [0.29, 0.717) is 34.8 Å². The summed E-state index contributed by atoms with van der Waals surface area (Å²) in [4.78, 5) is 17.4. The Labute approximate surface area is 186 Å². The van der Waals surface area contributed by atoms with Crippen LogP contribution >= 0.6 is 22.9 Å². The molecule has 0 spiro atoms. The number of nitriles is 1. The Morgan fingerprint density at radius 2 is 1.97 bits per heavy atom. The van der Waals surface area contributed by atoms with Crippen LogP contribution in [-0.4, -0.2) is 5.78 Å². The fourth-order valence-electron chi connectivity index (χ4n) is 4.42. The maximum atomic E-state index is 13.4. The van der Waals surface area contributed by atoms with Crippen LogP contribution in [0, 0.1) is 30.6 Å². The van der Waals surface area contributed by atoms with Crippen LogP contribution in [0.4, 0.5) is 5.69 Å². The lowest BCUT2D eigenvalue weighted by molar-refractivity contribution is -0.118. The third-order valence-electron chi connectivity index (χ3n) is 5.84. The summed E-state index contributed by atoms with van der Waals surface area (Å²) < 4.78 is 0. The number of nitrogens with two attached hydrogens (primary N) is 1. The van der Waals surface area contributed by atoms with Crippen molar-refractivity contribution in [1.29, 1.82) is 5.26 Å². The van der Waals surface area contributed by atoms with Crippen molar-refractivity contribution in [3.8, 4) is 6.07 Å². The number of hydrogen-bond acceptors (Lipinski definition) is 5. The number of benzene rings is 1. The molecule has 1 aliphatic heterocycles. The lowest BCUT2D eigenvalue weighted by atomic mass is 9.69. The van der Waals surface area contributed by atoms with Crippen LogP contribution in [0.5, 0.6) is 0 Å². The third kappa shape index (κ3) is 3.34. The molecule has 1 unspecified atom stereocenters. The Hall–Kier alpha value is -2.55. The molecule has 0 fully saturated rings. The van der Waals surface area contributed by atoms with Gasteiger partial charge in [-0.25, -0.2) is 0 Å². The summed E-state index contributed by atoms with van der Waals surface area (Å²) in [6, 6.07) is 12.1. The highest BCUT2D eigenvalue weighted by atomic mass is 35.5. The second kappa shape index (κ2) is 7.30. The Bertz CT molecular complexity index is 1170. The Morgan fingerprint density at radius 3 is 2.57 bits per heavy atom. The molecule has 0 saturated heterocycles. The smallest absolute Gasteiger partial charge is 0.162 e. The Kier molecular flexibility index (Phi) is 5.04. The highest BCUT2D eigenvalue weighted by Gasteiger charge is 2.45. The van der Waals surface area contributed by atoms with Crippen molar-refractivity contribution in [3.05, 3.63) is 73.3 Å². The van der Waals surface area contributed by atoms with Crippen molar-refractivity contribution < 1.29 is 4.79 Å². The molecule has 0 amide bonds. The molecule has 30 heavy (non-hydrogen) atoms. The summed E-state index contributed by atoms with van der Waals surface area (Å²) in [5.74, 6) is 0.0444. The predicted octanol–water partition coefficient (Wildman–Crippen LogP) is 5.96. The number of halogens is 1. The second-order valence-corrected chi connectivity index (χ2v) is 10.6. The third-order valence-corrected chi connectivity index (χ3v) is 7.31. The molecule has 2 aromatic rings. The minimum atomic E-state index is -0.413. The summed E-state index contributed by atoms with van der Waals surface area (Å²) in [7, 11) is 0. The fraction of sp³-hybridized carbons (Fsp3) is 0.333. The SMILES string of the molecule is Cc1ccc(C2C(C#N)=C(N)N(c3ccc(C)c(Cl)c3)C3=C2C(=O)CC(C)(C)C3)s1. The van der Waals surface area contributed by atoms with E-state index in [0.717, 1.165) is 26.7 Å². The summed E-state index contributed by atoms with van der Waals surface area (Å²) in [5, 5.41) is 10.7. The van der Waals surface area contributed by atoms with Gasteiger partial charge in [0.25, 0.3) is 0 Å². The number of thiophene rings is 1. The largest absolute Gasteiger partial charge is 0.384 e. The Balaban J connectivity index is 2.00. The van der Waals surface area contributed by atoms with Crippen LogP contribution < -0.4 is 10.6 Å². The van der Waals surface area contributed by atoms with E-state index in [1.54, 1.807) is 11.3 Å². The van der Waals surface area contributed by atoms with Gasteiger partial charge in [0.15, 0.2) is 5.78 Å². The minimum Gasteiger partial charge on any atom is -0.384 e. The topological polar surface area (TPSA) is 70.1 Å². The zero-order valence-corrected chi connectivity index (χ0v) is 19.1. The molecular formula is C24H24ClN3OS. The van der Waals surface area contributed by atoms with Gasteiger partial charge in [0.1, 0.15) is 5.82 Å². The molecule has 4 nitrogen and oxygen atoms in total. The van der Waals surface area contributed by atoms with E-state index in [1.807, 2.05) is 49.1 Å². The van der Waals surface area contributed by atoms with Gasteiger partial charge in [-0.1, -0.05) is 31.5 Å². The lowest BCUT2D eigenvalue weighted by Crippen LogP contribution is -2.42. The van der Waals surface area contributed by atoms with Gasteiger partial charge in [-0.2, -0.15) is 5.26 Å². The molecule has 1 aromatic carbocycles. The fourth-order valence-corrected chi connectivity index (χ4v) is 5.59. The van der Waals surface area contributed by atoms with Gasteiger partial charge in [0.05, 0.1) is 17.6 Å². The number of nitrogens with zero attached hydrogens (tertiary/aromatic N) is 2. The summed E-state index contributed by atoms with van der Waals surface area (Å²) in [5.41, 5.74) is 10.2. The van der Waals surface area contributed by atoms with Crippen molar-refractivity contribution in [2.45, 2.75) is 46.5 Å². The van der Waals surface area contributed by atoms with Crippen molar-refractivity contribution in [3.63, 3.8) is 0 Å². The standard InChI is InChI=1S/C24H24ClN3OS/c1-13-5-7-15(9-17(13)25)28-18-10-24(3,4)11-19(29)22(18)21(16(12-26)23(28)27)20-8-6-14(2)30-20/h5-9,21H,10-11,27H2,1-4H3. The van der Waals surface area contributed by atoms with Crippen LogP contribution in [0.1, 0.15) is 47.9 Å². The molecule has 4 rings (SSSR count).